The van der Waals surface area contributed by atoms with Crippen LogP contribution in [0.4, 0.5) is 5.69 Å². The first-order valence-electron chi connectivity index (χ1n) is 9.97. The predicted molar refractivity (Wildman–Crippen MR) is 124 cm³/mol. The van der Waals surface area contributed by atoms with Gasteiger partial charge in [0, 0.05) is 24.9 Å². The Bertz CT molecular complexity index is 1310. The summed E-state index contributed by atoms with van der Waals surface area (Å²) in [5.41, 5.74) is 3.34. The second-order valence-electron chi connectivity index (χ2n) is 6.82. The van der Waals surface area contributed by atoms with Gasteiger partial charge in [0.05, 0.1) is 4.90 Å². The minimum absolute atomic E-state index is 0.0705. The van der Waals surface area contributed by atoms with Gasteiger partial charge in [-0.05, 0) is 48.0 Å². The summed E-state index contributed by atoms with van der Waals surface area (Å²) in [7, 11) is -1.92. The van der Waals surface area contributed by atoms with E-state index in [1.54, 1.807) is 42.5 Å². The monoisotopic (exact) mass is 450 g/mol. The van der Waals surface area contributed by atoms with Crippen LogP contribution in [0.3, 0.4) is 0 Å². The molecule has 1 N–H and O–H groups in total. The summed E-state index contributed by atoms with van der Waals surface area (Å²) in [5, 5.41) is 3.08. The Morgan fingerprint density at radius 2 is 1.75 bits per heavy atom. The van der Waals surface area contributed by atoms with Crippen molar-refractivity contribution < 1.29 is 21.8 Å². The van der Waals surface area contributed by atoms with E-state index in [1.807, 2.05) is 37.4 Å². The summed E-state index contributed by atoms with van der Waals surface area (Å²) in [4.78, 5) is 4.55. The Labute approximate surface area is 186 Å². The van der Waals surface area contributed by atoms with Crippen LogP contribution >= 0.6 is 0 Å². The molecular formula is C24H22N2O5S. The number of fused-ring (bicyclic) bond motifs is 1. The fourth-order valence-electron chi connectivity index (χ4n) is 2.97. The van der Waals surface area contributed by atoms with Gasteiger partial charge >= 0.3 is 0 Å². The van der Waals surface area contributed by atoms with Crippen molar-refractivity contribution in [2.75, 3.05) is 25.6 Å². The molecule has 4 rings (SSSR count). The molecule has 0 saturated heterocycles. The Hall–Kier alpha value is -3.62. The van der Waals surface area contributed by atoms with Crippen LogP contribution in [0.2, 0.25) is 0 Å². The minimum atomic E-state index is -3.80. The molecule has 0 aliphatic rings. The second kappa shape index (κ2) is 9.67. The Kier molecular flexibility index (Phi) is 6.53. The van der Waals surface area contributed by atoms with Crippen molar-refractivity contribution in [2.45, 2.75) is 4.90 Å². The van der Waals surface area contributed by atoms with Crippen LogP contribution in [0.25, 0.3) is 23.3 Å². The summed E-state index contributed by atoms with van der Waals surface area (Å²) >= 11 is 0. The maximum Gasteiger partial charge on any atom is 0.297 e. The molecule has 0 unspecified atom stereocenters. The summed E-state index contributed by atoms with van der Waals surface area (Å²) in [6.07, 6.45) is 3.73. The van der Waals surface area contributed by atoms with Gasteiger partial charge < -0.3 is 14.5 Å². The number of oxazole rings is 1. The van der Waals surface area contributed by atoms with Gasteiger partial charge in [-0.15, -0.1) is 0 Å². The number of nitrogens with one attached hydrogen (secondary N) is 1. The molecule has 0 fully saturated rings. The smallest absolute Gasteiger partial charge is 0.297 e. The number of hydrogen-bond acceptors (Lipinski definition) is 7. The normalized spacial score (nSPS) is 11.8. The molecule has 1 aromatic heterocycles. The van der Waals surface area contributed by atoms with Crippen LogP contribution in [-0.2, 0) is 14.3 Å². The van der Waals surface area contributed by atoms with Gasteiger partial charge in [-0.2, -0.15) is 8.42 Å². The van der Waals surface area contributed by atoms with Crippen molar-refractivity contribution in [3.63, 3.8) is 0 Å². The average Bonchev–Trinajstić information content (AvgIpc) is 3.24. The Morgan fingerprint density at radius 3 is 2.50 bits per heavy atom. The molecule has 0 saturated carbocycles. The third-order valence-electron chi connectivity index (χ3n) is 4.62. The van der Waals surface area contributed by atoms with Crippen molar-refractivity contribution in [1.82, 2.24) is 4.98 Å². The first-order chi connectivity index (χ1) is 15.5. The van der Waals surface area contributed by atoms with Gasteiger partial charge in [0.15, 0.2) is 5.58 Å². The molecule has 4 aromatic rings. The number of benzene rings is 3. The summed E-state index contributed by atoms with van der Waals surface area (Å²) in [6.45, 7) is -0.0346. The number of ether oxygens (including phenoxy) is 1. The number of hydrogen-bond donors (Lipinski definition) is 1. The number of anilines is 1. The third-order valence-corrected chi connectivity index (χ3v) is 5.94. The van der Waals surface area contributed by atoms with Crippen molar-refractivity contribution in [1.29, 1.82) is 0 Å². The highest BCUT2D eigenvalue weighted by Gasteiger charge is 2.14. The van der Waals surface area contributed by atoms with Gasteiger partial charge in [0.1, 0.15) is 24.5 Å². The summed E-state index contributed by atoms with van der Waals surface area (Å²) < 4.78 is 40.6. The van der Waals surface area contributed by atoms with E-state index in [9.17, 15) is 8.42 Å². The maximum absolute atomic E-state index is 12.1. The van der Waals surface area contributed by atoms with Crippen LogP contribution in [-0.4, -0.2) is 33.7 Å². The molecule has 0 atom stereocenters. The van der Waals surface area contributed by atoms with Gasteiger partial charge in [-0.25, -0.2) is 4.98 Å². The molecular weight excluding hydrogens is 428 g/mol. The minimum Gasteiger partial charge on any atom is -0.491 e. The highest BCUT2D eigenvalue weighted by atomic mass is 32.2. The van der Waals surface area contributed by atoms with Crippen molar-refractivity contribution in [3.05, 3.63) is 84.3 Å². The molecule has 0 radical (unpaired) electrons. The lowest BCUT2D eigenvalue weighted by atomic mass is 10.2. The van der Waals surface area contributed by atoms with E-state index in [2.05, 4.69) is 10.3 Å². The molecule has 7 nitrogen and oxygen atoms in total. The molecule has 32 heavy (non-hydrogen) atoms. The van der Waals surface area contributed by atoms with E-state index >= 15 is 0 Å². The molecule has 3 aromatic carbocycles. The van der Waals surface area contributed by atoms with Crippen molar-refractivity contribution >= 4 is 39.1 Å². The Balaban J connectivity index is 1.35. The van der Waals surface area contributed by atoms with Gasteiger partial charge in [-0.3, -0.25) is 4.18 Å². The Morgan fingerprint density at radius 1 is 0.969 bits per heavy atom. The molecule has 164 valence electrons. The zero-order valence-corrected chi connectivity index (χ0v) is 18.2. The van der Waals surface area contributed by atoms with E-state index in [1.165, 1.54) is 12.1 Å². The van der Waals surface area contributed by atoms with Gasteiger partial charge in [0.2, 0.25) is 5.89 Å². The quantitative estimate of drug-likeness (QED) is 0.289. The highest BCUT2D eigenvalue weighted by Crippen LogP contribution is 2.23. The first-order valence-corrected chi connectivity index (χ1v) is 11.4. The van der Waals surface area contributed by atoms with Crippen LogP contribution in [0, 0.1) is 0 Å². The van der Waals surface area contributed by atoms with Gasteiger partial charge in [-0.1, -0.05) is 30.3 Å². The van der Waals surface area contributed by atoms with Crippen molar-refractivity contribution in [2.24, 2.45) is 0 Å². The average molecular weight is 451 g/mol. The molecule has 1 heterocycles. The van der Waals surface area contributed by atoms with E-state index < -0.39 is 10.1 Å². The molecule has 0 bridgehead atoms. The topological polar surface area (TPSA) is 90.7 Å². The van der Waals surface area contributed by atoms with Gasteiger partial charge in [0.25, 0.3) is 10.1 Å². The highest BCUT2D eigenvalue weighted by molar-refractivity contribution is 7.86. The van der Waals surface area contributed by atoms with Crippen molar-refractivity contribution in [3.8, 4) is 5.75 Å². The second-order valence-corrected chi connectivity index (χ2v) is 8.44. The zero-order chi connectivity index (χ0) is 22.4. The standard InChI is InChI=1S/C24H22N2O5S/c1-25-19-10-7-18(8-11-19)9-14-24-26-22-13-12-20(17-23(22)31-24)29-15-16-30-32(27,28)21-5-3-2-4-6-21/h2-14,17,25H,15-16H2,1H3/b14-9+. The molecule has 8 heteroatoms. The maximum atomic E-state index is 12.1. The molecule has 0 spiro atoms. The van der Waals surface area contributed by atoms with E-state index in [-0.39, 0.29) is 18.1 Å². The van der Waals surface area contributed by atoms with E-state index in [4.69, 9.17) is 13.3 Å². The third kappa shape index (κ3) is 5.35. The van der Waals surface area contributed by atoms with E-state index in [0.29, 0.717) is 22.7 Å². The zero-order valence-electron chi connectivity index (χ0n) is 17.4. The van der Waals surface area contributed by atoms with Crippen LogP contribution < -0.4 is 10.1 Å². The number of aromatic nitrogens is 1. The predicted octanol–water partition coefficient (Wildman–Crippen LogP) is 4.82. The lowest BCUT2D eigenvalue weighted by molar-refractivity contribution is 0.221. The molecule has 0 aliphatic carbocycles. The van der Waals surface area contributed by atoms with Crippen LogP contribution in [0.5, 0.6) is 5.75 Å². The molecule has 0 amide bonds. The first kappa shape index (κ1) is 21.6. The van der Waals surface area contributed by atoms with Crippen LogP contribution in [0.1, 0.15) is 11.5 Å². The largest absolute Gasteiger partial charge is 0.491 e. The van der Waals surface area contributed by atoms with Crippen LogP contribution in [0.15, 0.2) is 82.1 Å². The summed E-state index contributed by atoms with van der Waals surface area (Å²) in [6, 6.07) is 21.2. The number of nitrogens with zero attached hydrogens (tertiary/aromatic N) is 1. The number of rotatable bonds is 9. The lowest BCUT2D eigenvalue weighted by Gasteiger charge is -2.07. The summed E-state index contributed by atoms with van der Waals surface area (Å²) in [5.74, 6) is 1.01. The fraction of sp³-hybridized carbons (Fsp3) is 0.125. The van der Waals surface area contributed by atoms with E-state index in [0.717, 1.165) is 11.3 Å². The molecule has 0 aliphatic heterocycles. The lowest BCUT2D eigenvalue weighted by Crippen LogP contribution is -2.12. The SMILES string of the molecule is CNc1ccc(/C=C/c2nc3ccc(OCCOS(=O)(=O)c4ccccc4)cc3o2)cc1. The fourth-order valence-corrected chi connectivity index (χ4v) is 3.88.